The Balaban J connectivity index is 2.96. The molecule has 0 saturated heterocycles. The van der Waals surface area contributed by atoms with Crippen LogP contribution in [0.1, 0.15) is 18.1 Å². The van der Waals surface area contributed by atoms with Crippen LogP contribution in [0.2, 0.25) is 0 Å². The van der Waals surface area contributed by atoms with Crippen LogP contribution < -0.4 is 5.73 Å². The molecule has 108 valence electrons. The fourth-order valence-electron chi connectivity index (χ4n) is 1.66. The van der Waals surface area contributed by atoms with Crippen molar-refractivity contribution in [1.29, 1.82) is 0 Å². The summed E-state index contributed by atoms with van der Waals surface area (Å²) in [5.41, 5.74) is 5.64. The lowest BCUT2D eigenvalue weighted by atomic mass is 10.0. The molecule has 1 aromatic rings. The Kier molecular flexibility index (Phi) is 6.16. The van der Waals surface area contributed by atoms with E-state index in [1.54, 1.807) is 13.0 Å². The van der Waals surface area contributed by atoms with Crippen LogP contribution >= 0.6 is 11.8 Å². The van der Waals surface area contributed by atoms with Crippen molar-refractivity contribution >= 4 is 11.8 Å². The highest BCUT2D eigenvalue weighted by atomic mass is 32.2. The van der Waals surface area contributed by atoms with Gasteiger partial charge in [0.1, 0.15) is 0 Å². The molecule has 2 nitrogen and oxygen atoms in total. The summed E-state index contributed by atoms with van der Waals surface area (Å²) in [4.78, 5) is 0.234. The Labute approximate surface area is 115 Å². The molecule has 0 aromatic heterocycles. The number of hydrogen-bond donors (Lipinski definition) is 1. The number of hydrogen-bond acceptors (Lipinski definition) is 3. The van der Waals surface area contributed by atoms with E-state index in [4.69, 9.17) is 10.5 Å². The molecule has 0 amide bonds. The van der Waals surface area contributed by atoms with Crippen LogP contribution in [0.5, 0.6) is 0 Å². The van der Waals surface area contributed by atoms with Gasteiger partial charge in [-0.15, -0.1) is 11.8 Å². The van der Waals surface area contributed by atoms with Crippen molar-refractivity contribution in [2.24, 2.45) is 5.73 Å². The number of benzene rings is 1. The number of thioether (sulfide) groups is 1. The van der Waals surface area contributed by atoms with Crippen LogP contribution in [0.3, 0.4) is 0 Å². The van der Waals surface area contributed by atoms with Gasteiger partial charge in [0.2, 0.25) is 0 Å². The molecule has 0 radical (unpaired) electrons. The molecule has 0 aliphatic carbocycles. The fraction of sp³-hybridized carbons (Fsp3) is 0.538. The molecule has 0 saturated carbocycles. The van der Waals surface area contributed by atoms with Crippen molar-refractivity contribution in [2.45, 2.75) is 30.5 Å². The maximum Gasteiger partial charge on any atom is 0.417 e. The minimum atomic E-state index is -4.34. The van der Waals surface area contributed by atoms with E-state index < -0.39 is 11.7 Å². The van der Waals surface area contributed by atoms with Gasteiger partial charge in [0.25, 0.3) is 0 Å². The average Bonchev–Trinajstić information content (AvgIpc) is 2.29. The van der Waals surface area contributed by atoms with Gasteiger partial charge in [-0.1, -0.05) is 6.07 Å². The SMILES string of the molecule is COCCSc1ccc(CC(C)N)cc1C(F)(F)F. The van der Waals surface area contributed by atoms with Crippen LogP contribution in [-0.2, 0) is 17.3 Å². The molecule has 0 aliphatic heterocycles. The Morgan fingerprint density at radius 3 is 2.58 bits per heavy atom. The predicted octanol–water partition coefficient (Wildman–Crippen LogP) is 3.33. The molecule has 1 unspecified atom stereocenters. The first-order valence-electron chi connectivity index (χ1n) is 5.92. The van der Waals surface area contributed by atoms with Crippen LogP contribution in [0.4, 0.5) is 13.2 Å². The predicted molar refractivity (Wildman–Crippen MR) is 71.4 cm³/mol. The number of rotatable bonds is 6. The molecule has 0 aliphatic rings. The van der Waals surface area contributed by atoms with E-state index in [-0.39, 0.29) is 10.9 Å². The highest BCUT2D eigenvalue weighted by Gasteiger charge is 2.33. The Morgan fingerprint density at radius 2 is 2.05 bits per heavy atom. The molecule has 19 heavy (non-hydrogen) atoms. The van der Waals surface area contributed by atoms with Gasteiger partial charge in [0.15, 0.2) is 0 Å². The first-order valence-corrected chi connectivity index (χ1v) is 6.90. The molecule has 1 rings (SSSR count). The van der Waals surface area contributed by atoms with Crippen molar-refractivity contribution in [1.82, 2.24) is 0 Å². The topological polar surface area (TPSA) is 35.2 Å². The van der Waals surface area contributed by atoms with Gasteiger partial charge in [-0.2, -0.15) is 13.2 Å². The van der Waals surface area contributed by atoms with E-state index in [1.807, 2.05) is 0 Å². The van der Waals surface area contributed by atoms with E-state index in [9.17, 15) is 13.2 Å². The van der Waals surface area contributed by atoms with Crippen molar-refractivity contribution in [3.8, 4) is 0 Å². The first-order chi connectivity index (χ1) is 8.84. The molecule has 0 bridgehead atoms. The van der Waals surface area contributed by atoms with E-state index in [2.05, 4.69) is 0 Å². The third-order valence-corrected chi connectivity index (χ3v) is 3.49. The lowest BCUT2D eigenvalue weighted by Crippen LogP contribution is -2.18. The molecule has 1 atom stereocenters. The second-order valence-corrected chi connectivity index (χ2v) is 5.49. The number of nitrogens with two attached hydrogens (primary N) is 1. The van der Waals surface area contributed by atoms with Crippen molar-refractivity contribution in [3.05, 3.63) is 29.3 Å². The van der Waals surface area contributed by atoms with Gasteiger partial charge in [-0.05, 0) is 31.0 Å². The van der Waals surface area contributed by atoms with Gasteiger partial charge < -0.3 is 10.5 Å². The molecular formula is C13H18F3NOS. The monoisotopic (exact) mass is 293 g/mol. The van der Waals surface area contributed by atoms with Gasteiger partial charge in [-0.3, -0.25) is 0 Å². The van der Waals surface area contributed by atoms with E-state index in [0.29, 0.717) is 24.3 Å². The summed E-state index contributed by atoms with van der Waals surface area (Å²) < 4.78 is 43.8. The summed E-state index contributed by atoms with van der Waals surface area (Å²) >= 11 is 1.15. The van der Waals surface area contributed by atoms with Gasteiger partial charge in [0.05, 0.1) is 12.2 Å². The summed E-state index contributed by atoms with van der Waals surface area (Å²) in [6.07, 6.45) is -3.91. The maximum atomic E-state index is 13.0. The summed E-state index contributed by atoms with van der Waals surface area (Å²) in [6, 6.07) is 4.25. The second-order valence-electron chi connectivity index (χ2n) is 4.35. The van der Waals surface area contributed by atoms with Crippen LogP contribution in [0.25, 0.3) is 0 Å². The second kappa shape index (κ2) is 7.17. The highest BCUT2D eigenvalue weighted by Crippen LogP contribution is 2.37. The quantitative estimate of drug-likeness (QED) is 0.645. The summed E-state index contributed by atoms with van der Waals surface area (Å²) in [5, 5.41) is 0. The third-order valence-electron chi connectivity index (χ3n) is 2.45. The number of ether oxygens (including phenoxy) is 1. The number of halogens is 3. The van der Waals surface area contributed by atoms with Crippen LogP contribution in [0, 0.1) is 0 Å². The smallest absolute Gasteiger partial charge is 0.384 e. The minimum Gasteiger partial charge on any atom is -0.384 e. The average molecular weight is 293 g/mol. The zero-order valence-electron chi connectivity index (χ0n) is 11.0. The lowest BCUT2D eigenvalue weighted by Gasteiger charge is -2.15. The Hall–Kier alpha value is -0.720. The lowest BCUT2D eigenvalue weighted by molar-refractivity contribution is -0.139. The van der Waals surface area contributed by atoms with E-state index >= 15 is 0 Å². The molecule has 1 aromatic carbocycles. The van der Waals surface area contributed by atoms with Gasteiger partial charge >= 0.3 is 6.18 Å². The Morgan fingerprint density at radius 1 is 1.37 bits per heavy atom. The molecule has 0 fully saturated rings. The standard InChI is InChI=1S/C13H18F3NOS/c1-9(17)7-10-3-4-12(19-6-5-18-2)11(8-10)13(14,15)16/h3-4,8-9H,5-7,17H2,1-2H3. The fourth-order valence-corrected chi connectivity index (χ4v) is 2.62. The first kappa shape index (κ1) is 16.3. The molecule has 0 spiro atoms. The number of methoxy groups -OCH3 is 1. The van der Waals surface area contributed by atoms with Crippen LogP contribution in [-0.4, -0.2) is 25.5 Å². The molecular weight excluding hydrogens is 275 g/mol. The number of alkyl halides is 3. The molecule has 2 N–H and O–H groups in total. The van der Waals surface area contributed by atoms with Crippen molar-refractivity contribution in [3.63, 3.8) is 0 Å². The minimum absolute atomic E-state index is 0.159. The molecule has 0 heterocycles. The van der Waals surface area contributed by atoms with E-state index in [0.717, 1.165) is 11.8 Å². The Bertz CT molecular complexity index is 407. The normalized spacial score (nSPS) is 13.6. The van der Waals surface area contributed by atoms with Crippen molar-refractivity contribution in [2.75, 3.05) is 19.5 Å². The largest absolute Gasteiger partial charge is 0.417 e. The third kappa shape index (κ3) is 5.42. The van der Waals surface area contributed by atoms with E-state index in [1.165, 1.54) is 19.2 Å². The van der Waals surface area contributed by atoms with Gasteiger partial charge in [-0.25, -0.2) is 0 Å². The highest BCUT2D eigenvalue weighted by molar-refractivity contribution is 7.99. The summed E-state index contributed by atoms with van der Waals surface area (Å²) in [6.45, 7) is 2.19. The van der Waals surface area contributed by atoms with Crippen LogP contribution in [0.15, 0.2) is 23.1 Å². The van der Waals surface area contributed by atoms with Gasteiger partial charge in [0, 0.05) is 23.8 Å². The van der Waals surface area contributed by atoms with Crippen molar-refractivity contribution < 1.29 is 17.9 Å². The maximum absolute atomic E-state index is 13.0. The molecule has 6 heteroatoms. The zero-order chi connectivity index (χ0) is 14.5. The zero-order valence-corrected chi connectivity index (χ0v) is 11.8. The summed E-state index contributed by atoms with van der Waals surface area (Å²) in [5.74, 6) is 0.492. The summed E-state index contributed by atoms with van der Waals surface area (Å²) in [7, 11) is 1.52.